The zero-order chi connectivity index (χ0) is 28.4. The summed E-state index contributed by atoms with van der Waals surface area (Å²) < 4.78 is 6.40. The maximum atomic E-state index is 13.3. The molecule has 0 radical (unpaired) electrons. The molecule has 0 atom stereocenters. The van der Waals surface area contributed by atoms with E-state index in [2.05, 4.69) is 38.1 Å². The molecule has 0 aliphatic carbocycles. The Morgan fingerprint density at radius 3 is 2.41 bits per heavy atom. The number of rotatable bonds is 11. The van der Waals surface area contributed by atoms with Crippen molar-refractivity contribution in [2.24, 2.45) is 0 Å². The zero-order valence-corrected chi connectivity index (χ0v) is 23.1. The molecule has 0 aliphatic rings. The van der Waals surface area contributed by atoms with Crippen LogP contribution in [0.25, 0.3) is 0 Å². The quantitative estimate of drug-likeness (QED) is 0.150. The highest BCUT2D eigenvalue weighted by Crippen LogP contribution is 2.28. The fourth-order valence-electron chi connectivity index (χ4n) is 3.75. The summed E-state index contributed by atoms with van der Waals surface area (Å²) in [6.07, 6.45) is 7.61. The number of carbonyl (C=O) groups is 3. The van der Waals surface area contributed by atoms with Crippen LogP contribution in [0.2, 0.25) is 0 Å². The first-order chi connectivity index (χ1) is 18.7. The summed E-state index contributed by atoms with van der Waals surface area (Å²) in [6.45, 7) is 3.81. The van der Waals surface area contributed by atoms with Crippen LogP contribution in [0.15, 0.2) is 59.3 Å². The lowest BCUT2D eigenvalue weighted by atomic mass is 10.1. The number of hydrogen-bond donors (Lipinski definition) is 1. The summed E-state index contributed by atoms with van der Waals surface area (Å²) in [4.78, 5) is 58.9. The highest BCUT2D eigenvalue weighted by atomic mass is 79.9. The maximum absolute atomic E-state index is 13.3. The van der Waals surface area contributed by atoms with E-state index >= 15 is 0 Å². The molecular weight excluding hydrogens is 570 g/mol. The van der Waals surface area contributed by atoms with Crippen molar-refractivity contribution in [3.8, 4) is 11.8 Å². The van der Waals surface area contributed by atoms with E-state index in [-0.39, 0.29) is 23.7 Å². The predicted octanol–water partition coefficient (Wildman–Crippen LogP) is 6.49. The number of aryl methyl sites for hydroxylation is 1. The Bertz CT molecular complexity index is 1350. The van der Waals surface area contributed by atoms with Crippen LogP contribution in [0.1, 0.15) is 61.4 Å². The normalized spacial score (nSPS) is 10.5. The number of unbranched alkanes of at least 4 members (excludes halogenated alkanes) is 4. The number of nitro groups is 1. The molecular formula is C27H28BrN5O6. The molecule has 4 amide bonds. The van der Waals surface area contributed by atoms with Crippen LogP contribution in [0.4, 0.5) is 16.2 Å². The second kappa shape index (κ2) is 14.1. The molecule has 0 spiro atoms. The standard InChI is InChI=1S/C27H28BrN5O6/c1-3-4-5-6-7-12-24(34)32(27(36)31-25(35)21-10-8-9-11-22(21)33(37)38)20-13-14-23(18(2)15-20)39-26-29-16-19(28)17-30-26/h8-11,13-17H,3-7,12H2,1-2H3,(H,31,35,36). The third-order valence-corrected chi connectivity index (χ3v) is 6.14. The van der Waals surface area contributed by atoms with Gasteiger partial charge in [0, 0.05) is 24.9 Å². The third-order valence-electron chi connectivity index (χ3n) is 5.73. The summed E-state index contributed by atoms with van der Waals surface area (Å²) in [6, 6.07) is 9.00. The minimum Gasteiger partial charge on any atom is -0.424 e. The summed E-state index contributed by atoms with van der Waals surface area (Å²) in [5.74, 6) is -1.09. The van der Waals surface area contributed by atoms with Gasteiger partial charge >= 0.3 is 12.0 Å². The number of ether oxygens (including phenoxy) is 1. The van der Waals surface area contributed by atoms with Crippen molar-refractivity contribution < 1.29 is 24.0 Å². The molecule has 12 heteroatoms. The van der Waals surface area contributed by atoms with Crippen molar-refractivity contribution in [1.82, 2.24) is 15.3 Å². The van der Waals surface area contributed by atoms with Crippen LogP contribution in [-0.4, -0.2) is 32.7 Å². The fraction of sp³-hybridized carbons (Fsp3) is 0.296. The smallest absolute Gasteiger partial charge is 0.335 e. The first kappa shape index (κ1) is 29.4. The number of carbonyl (C=O) groups excluding carboxylic acids is 3. The number of amides is 4. The minimum atomic E-state index is -1.01. The SMILES string of the molecule is CCCCCCCC(=O)N(C(=O)NC(=O)c1ccccc1[N+](=O)[O-])c1ccc(Oc2ncc(Br)cn2)c(C)c1. The van der Waals surface area contributed by atoms with Crippen LogP contribution < -0.4 is 15.0 Å². The lowest BCUT2D eigenvalue weighted by Gasteiger charge is -2.22. The molecule has 2 aromatic carbocycles. The van der Waals surface area contributed by atoms with Crippen LogP contribution in [0.3, 0.4) is 0 Å². The van der Waals surface area contributed by atoms with Crippen molar-refractivity contribution >= 4 is 45.2 Å². The Balaban J connectivity index is 1.85. The van der Waals surface area contributed by atoms with E-state index in [4.69, 9.17) is 4.74 Å². The molecule has 11 nitrogen and oxygen atoms in total. The van der Waals surface area contributed by atoms with Gasteiger partial charge in [-0.15, -0.1) is 0 Å². The van der Waals surface area contributed by atoms with Crippen molar-refractivity contribution in [3.63, 3.8) is 0 Å². The Hall–Kier alpha value is -4.19. The lowest BCUT2D eigenvalue weighted by Crippen LogP contribution is -2.46. The fourth-order valence-corrected chi connectivity index (χ4v) is 3.95. The van der Waals surface area contributed by atoms with Crippen LogP contribution >= 0.6 is 15.9 Å². The molecule has 39 heavy (non-hydrogen) atoms. The number of halogens is 1. The largest absolute Gasteiger partial charge is 0.424 e. The molecule has 0 saturated heterocycles. The predicted molar refractivity (Wildman–Crippen MR) is 148 cm³/mol. The second-order valence-corrected chi connectivity index (χ2v) is 9.58. The summed E-state index contributed by atoms with van der Waals surface area (Å²) in [5, 5.41) is 13.5. The number of nitrogens with one attached hydrogen (secondary N) is 1. The molecule has 0 bridgehead atoms. The number of benzene rings is 2. The number of imide groups is 2. The lowest BCUT2D eigenvalue weighted by molar-refractivity contribution is -0.385. The van der Waals surface area contributed by atoms with Crippen LogP contribution in [0, 0.1) is 17.0 Å². The average molecular weight is 598 g/mol. The first-order valence-electron chi connectivity index (χ1n) is 12.4. The van der Waals surface area contributed by atoms with Gasteiger partial charge < -0.3 is 4.74 Å². The summed E-state index contributed by atoms with van der Waals surface area (Å²) in [7, 11) is 0. The van der Waals surface area contributed by atoms with Gasteiger partial charge in [0.15, 0.2) is 0 Å². The third kappa shape index (κ3) is 8.14. The molecule has 1 N–H and O–H groups in total. The summed E-state index contributed by atoms with van der Waals surface area (Å²) in [5.41, 5.74) is 0.0435. The van der Waals surface area contributed by atoms with Crippen molar-refractivity contribution in [1.29, 1.82) is 0 Å². The molecule has 3 aromatic rings. The Labute approximate surface area is 233 Å². The van der Waals surface area contributed by atoms with E-state index in [1.807, 2.05) is 0 Å². The van der Waals surface area contributed by atoms with Gasteiger partial charge in [-0.05, 0) is 59.1 Å². The van der Waals surface area contributed by atoms with Gasteiger partial charge in [-0.2, -0.15) is 0 Å². The molecule has 3 rings (SSSR count). The van der Waals surface area contributed by atoms with Gasteiger partial charge in [-0.1, -0.05) is 44.7 Å². The minimum absolute atomic E-state index is 0.0842. The van der Waals surface area contributed by atoms with Gasteiger partial charge in [-0.3, -0.25) is 25.0 Å². The number of para-hydroxylation sites is 1. The summed E-state index contributed by atoms with van der Waals surface area (Å²) >= 11 is 3.26. The molecule has 0 unspecified atom stereocenters. The molecule has 0 saturated carbocycles. The number of nitrogens with zero attached hydrogens (tertiary/aromatic N) is 4. The first-order valence-corrected chi connectivity index (χ1v) is 13.2. The van der Waals surface area contributed by atoms with Crippen molar-refractivity contribution in [2.45, 2.75) is 52.4 Å². The highest BCUT2D eigenvalue weighted by Gasteiger charge is 2.28. The molecule has 1 aromatic heterocycles. The second-order valence-electron chi connectivity index (χ2n) is 8.66. The zero-order valence-electron chi connectivity index (χ0n) is 21.6. The highest BCUT2D eigenvalue weighted by molar-refractivity contribution is 9.10. The van der Waals surface area contributed by atoms with Gasteiger partial charge in [0.25, 0.3) is 11.6 Å². The topological polar surface area (TPSA) is 145 Å². The van der Waals surface area contributed by atoms with E-state index in [0.717, 1.165) is 36.6 Å². The van der Waals surface area contributed by atoms with Crippen LogP contribution in [0.5, 0.6) is 11.8 Å². The molecule has 204 valence electrons. The average Bonchev–Trinajstić information content (AvgIpc) is 2.91. The molecule has 1 heterocycles. The number of aromatic nitrogens is 2. The number of nitro benzene ring substituents is 1. The van der Waals surface area contributed by atoms with E-state index in [1.165, 1.54) is 36.7 Å². The number of urea groups is 1. The molecule has 0 aliphatic heterocycles. The van der Waals surface area contributed by atoms with Crippen LogP contribution in [-0.2, 0) is 4.79 Å². The van der Waals surface area contributed by atoms with Gasteiger partial charge in [-0.25, -0.2) is 19.7 Å². The van der Waals surface area contributed by atoms with Crippen molar-refractivity contribution in [3.05, 3.63) is 80.6 Å². The van der Waals surface area contributed by atoms with E-state index < -0.39 is 28.5 Å². The van der Waals surface area contributed by atoms with E-state index in [9.17, 15) is 24.5 Å². The van der Waals surface area contributed by atoms with E-state index in [0.29, 0.717) is 22.2 Å². The Kier molecular flexibility index (Phi) is 10.6. The van der Waals surface area contributed by atoms with Gasteiger partial charge in [0.2, 0.25) is 5.91 Å². The monoisotopic (exact) mass is 597 g/mol. The van der Waals surface area contributed by atoms with Gasteiger partial charge in [0.05, 0.1) is 15.1 Å². The van der Waals surface area contributed by atoms with E-state index in [1.54, 1.807) is 19.1 Å². The molecule has 0 fully saturated rings. The van der Waals surface area contributed by atoms with Gasteiger partial charge in [0.1, 0.15) is 11.3 Å². The maximum Gasteiger partial charge on any atom is 0.335 e. The van der Waals surface area contributed by atoms with Crippen molar-refractivity contribution in [2.75, 3.05) is 4.90 Å². The number of hydrogen-bond acceptors (Lipinski definition) is 8. The Morgan fingerprint density at radius 1 is 1.05 bits per heavy atom. The Morgan fingerprint density at radius 2 is 1.74 bits per heavy atom. The number of anilines is 1.